The predicted molar refractivity (Wildman–Crippen MR) is 112 cm³/mol. The van der Waals surface area contributed by atoms with Gasteiger partial charge in [0.1, 0.15) is 34.7 Å². The lowest BCUT2D eigenvalue weighted by Gasteiger charge is -2.28. The first-order valence-corrected chi connectivity index (χ1v) is 10.9. The van der Waals surface area contributed by atoms with Gasteiger partial charge in [-0.3, -0.25) is 0 Å². The standard InChI is InChI=1S/C21H31NO6S/c1-20(2,3)29(23)22-18-9-15(11-25-12-16-13-26-21(4,5)28-16)27-19-10-14(24-6)7-8-17(18)19/h7-8,10,15-16H,9,11-13H2,1-6H3/b22-18+/t15-,16-,29-/m0/s1. The Kier molecular flexibility index (Phi) is 6.67. The van der Waals surface area contributed by atoms with E-state index in [-0.39, 0.29) is 12.2 Å². The summed E-state index contributed by atoms with van der Waals surface area (Å²) in [5.74, 6) is 0.789. The zero-order valence-electron chi connectivity index (χ0n) is 18.0. The normalized spacial score (nSPS) is 26.1. The summed E-state index contributed by atoms with van der Waals surface area (Å²) in [6.07, 6.45) is 0.192. The molecule has 2 aliphatic heterocycles. The van der Waals surface area contributed by atoms with Crippen LogP contribution in [-0.2, 0) is 25.2 Å². The van der Waals surface area contributed by atoms with Gasteiger partial charge in [0.2, 0.25) is 0 Å². The molecule has 0 spiro atoms. The second-order valence-corrected chi connectivity index (χ2v) is 10.6. The van der Waals surface area contributed by atoms with Gasteiger partial charge in [0.05, 0.1) is 37.4 Å². The molecule has 0 unspecified atom stereocenters. The first kappa shape index (κ1) is 22.2. The second-order valence-electron chi connectivity index (χ2n) is 8.69. The molecule has 29 heavy (non-hydrogen) atoms. The van der Waals surface area contributed by atoms with Crippen LogP contribution in [0, 0.1) is 0 Å². The van der Waals surface area contributed by atoms with Crippen molar-refractivity contribution >= 4 is 16.7 Å². The third-order valence-corrected chi connectivity index (χ3v) is 6.04. The number of benzene rings is 1. The van der Waals surface area contributed by atoms with E-state index in [1.165, 1.54) is 0 Å². The van der Waals surface area contributed by atoms with E-state index in [0.717, 1.165) is 11.3 Å². The molecule has 0 saturated carbocycles. The van der Waals surface area contributed by atoms with Gasteiger partial charge in [-0.05, 0) is 46.8 Å². The van der Waals surface area contributed by atoms with Gasteiger partial charge in [-0.15, -0.1) is 0 Å². The Morgan fingerprint density at radius 2 is 1.97 bits per heavy atom. The lowest BCUT2D eigenvalue weighted by Crippen LogP contribution is -2.34. The average Bonchev–Trinajstić information content (AvgIpc) is 2.99. The zero-order valence-corrected chi connectivity index (χ0v) is 18.8. The van der Waals surface area contributed by atoms with Crippen LogP contribution in [0.5, 0.6) is 11.5 Å². The van der Waals surface area contributed by atoms with Crippen molar-refractivity contribution in [2.24, 2.45) is 4.40 Å². The van der Waals surface area contributed by atoms with Crippen molar-refractivity contribution in [3.63, 3.8) is 0 Å². The van der Waals surface area contributed by atoms with Gasteiger partial charge >= 0.3 is 0 Å². The minimum absolute atomic E-state index is 0.0949. The van der Waals surface area contributed by atoms with E-state index < -0.39 is 21.5 Å². The highest BCUT2D eigenvalue weighted by atomic mass is 32.2. The SMILES string of the molecule is COc1ccc2c(c1)O[C@H](COC[C@H]1COC(C)(C)O1)C/C2=N\[S@@](=O)C(C)(C)C. The molecule has 1 aromatic rings. The van der Waals surface area contributed by atoms with E-state index in [4.69, 9.17) is 23.7 Å². The van der Waals surface area contributed by atoms with Crippen LogP contribution in [0.1, 0.15) is 46.6 Å². The molecule has 0 amide bonds. The average molecular weight is 426 g/mol. The van der Waals surface area contributed by atoms with Gasteiger partial charge in [-0.2, -0.15) is 4.40 Å². The summed E-state index contributed by atoms with van der Waals surface area (Å²) in [4.78, 5) is 0. The molecule has 3 atom stereocenters. The third kappa shape index (κ3) is 5.78. The van der Waals surface area contributed by atoms with Gasteiger partial charge in [-0.1, -0.05) is 0 Å². The highest BCUT2D eigenvalue weighted by molar-refractivity contribution is 7.85. The summed E-state index contributed by atoms with van der Waals surface area (Å²) < 4.78 is 45.3. The van der Waals surface area contributed by atoms with E-state index in [1.807, 2.05) is 52.8 Å². The van der Waals surface area contributed by atoms with Gasteiger partial charge in [-0.25, -0.2) is 4.21 Å². The molecule has 0 N–H and O–H groups in total. The van der Waals surface area contributed by atoms with Gasteiger partial charge < -0.3 is 23.7 Å². The Hall–Kier alpha value is -1.48. The molecule has 1 fully saturated rings. The quantitative estimate of drug-likeness (QED) is 0.696. The second kappa shape index (κ2) is 8.71. The molecular formula is C21H31NO6S. The molecule has 162 valence electrons. The summed E-state index contributed by atoms with van der Waals surface area (Å²) in [6.45, 7) is 10.8. The fraction of sp³-hybridized carbons (Fsp3) is 0.667. The van der Waals surface area contributed by atoms with Crippen molar-refractivity contribution in [1.29, 1.82) is 0 Å². The van der Waals surface area contributed by atoms with Gasteiger partial charge in [0.15, 0.2) is 5.79 Å². The molecular weight excluding hydrogens is 394 g/mol. The van der Waals surface area contributed by atoms with Crippen molar-refractivity contribution in [1.82, 2.24) is 0 Å². The van der Waals surface area contributed by atoms with Crippen LogP contribution < -0.4 is 9.47 Å². The first-order valence-electron chi connectivity index (χ1n) is 9.81. The number of rotatable bonds is 6. The fourth-order valence-corrected chi connectivity index (χ4v) is 3.75. The van der Waals surface area contributed by atoms with E-state index in [0.29, 0.717) is 37.7 Å². The summed E-state index contributed by atoms with van der Waals surface area (Å²) >= 11 is 0. The van der Waals surface area contributed by atoms with Crippen LogP contribution in [0.2, 0.25) is 0 Å². The Morgan fingerprint density at radius 1 is 1.24 bits per heavy atom. The lowest BCUT2D eigenvalue weighted by atomic mass is 10.00. The Bertz CT molecular complexity index is 786. The predicted octanol–water partition coefficient (Wildman–Crippen LogP) is 3.27. The molecule has 7 nitrogen and oxygen atoms in total. The molecule has 0 aromatic heterocycles. The van der Waals surface area contributed by atoms with Crippen LogP contribution in [0.3, 0.4) is 0 Å². The van der Waals surface area contributed by atoms with E-state index in [9.17, 15) is 4.21 Å². The lowest BCUT2D eigenvalue weighted by molar-refractivity contribution is -0.146. The molecule has 1 saturated heterocycles. The minimum atomic E-state index is -1.36. The van der Waals surface area contributed by atoms with E-state index in [2.05, 4.69) is 4.40 Å². The number of fused-ring (bicyclic) bond motifs is 1. The van der Waals surface area contributed by atoms with Crippen molar-refractivity contribution in [3.05, 3.63) is 23.8 Å². The molecule has 3 rings (SSSR count). The molecule has 0 aliphatic carbocycles. The summed E-state index contributed by atoms with van der Waals surface area (Å²) in [5, 5.41) is 0. The monoisotopic (exact) mass is 425 g/mol. The summed E-state index contributed by atoms with van der Waals surface area (Å²) in [6, 6.07) is 5.58. The van der Waals surface area contributed by atoms with Crippen LogP contribution in [0.15, 0.2) is 22.6 Å². The largest absolute Gasteiger partial charge is 0.497 e. The molecule has 0 bridgehead atoms. The Balaban J connectivity index is 1.71. The molecule has 8 heteroatoms. The Morgan fingerprint density at radius 3 is 2.59 bits per heavy atom. The number of methoxy groups -OCH3 is 1. The molecule has 2 heterocycles. The van der Waals surface area contributed by atoms with Crippen LogP contribution in [0.25, 0.3) is 0 Å². The van der Waals surface area contributed by atoms with E-state index in [1.54, 1.807) is 7.11 Å². The number of hydrogen-bond donors (Lipinski definition) is 0. The van der Waals surface area contributed by atoms with E-state index >= 15 is 0 Å². The highest BCUT2D eigenvalue weighted by Crippen LogP contribution is 2.33. The number of nitrogens with zero attached hydrogens (tertiary/aromatic N) is 1. The zero-order chi connectivity index (χ0) is 21.2. The van der Waals surface area contributed by atoms with Crippen LogP contribution in [0.4, 0.5) is 0 Å². The maximum atomic E-state index is 12.6. The smallest absolute Gasteiger partial charge is 0.163 e. The van der Waals surface area contributed by atoms with Gasteiger partial charge in [0, 0.05) is 18.1 Å². The van der Waals surface area contributed by atoms with Crippen LogP contribution >= 0.6 is 0 Å². The fourth-order valence-electron chi connectivity index (χ4n) is 3.10. The summed E-state index contributed by atoms with van der Waals surface area (Å²) in [7, 11) is 0.254. The molecule has 0 radical (unpaired) electrons. The van der Waals surface area contributed by atoms with Crippen molar-refractivity contribution < 1.29 is 27.9 Å². The highest BCUT2D eigenvalue weighted by Gasteiger charge is 2.33. The number of ether oxygens (including phenoxy) is 5. The number of hydrogen-bond acceptors (Lipinski definition) is 6. The maximum absolute atomic E-state index is 12.6. The van der Waals surface area contributed by atoms with Crippen molar-refractivity contribution in [3.8, 4) is 11.5 Å². The van der Waals surface area contributed by atoms with Gasteiger partial charge in [0.25, 0.3) is 0 Å². The minimum Gasteiger partial charge on any atom is -0.497 e. The maximum Gasteiger partial charge on any atom is 0.163 e. The van der Waals surface area contributed by atoms with Crippen molar-refractivity contribution in [2.45, 2.75) is 63.8 Å². The van der Waals surface area contributed by atoms with Crippen LogP contribution in [-0.4, -0.2) is 59.6 Å². The first-order chi connectivity index (χ1) is 13.6. The topological polar surface area (TPSA) is 75.6 Å². The molecule has 2 aliphatic rings. The van der Waals surface area contributed by atoms with Crippen molar-refractivity contribution in [2.75, 3.05) is 26.9 Å². The molecule has 1 aromatic carbocycles. The Labute approximate surface area is 175 Å². The summed E-state index contributed by atoms with van der Waals surface area (Å²) in [5.41, 5.74) is 1.60. The third-order valence-electron chi connectivity index (χ3n) is 4.61.